The van der Waals surface area contributed by atoms with Gasteiger partial charge in [-0.2, -0.15) is 0 Å². The molecule has 0 unspecified atom stereocenters. The number of halogens is 1. The second kappa shape index (κ2) is 6.39. The Morgan fingerprint density at radius 1 is 1.39 bits per heavy atom. The molecule has 0 aliphatic carbocycles. The zero-order valence-electron chi connectivity index (χ0n) is 10.4. The molecule has 1 aromatic rings. The van der Waals surface area contributed by atoms with Gasteiger partial charge in [-0.05, 0) is 17.7 Å². The maximum Gasteiger partial charge on any atom is 0.246 e. The monoisotopic (exact) mass is 315 g/mol. The number of nitro groups is 1. The summed E-state index contributed by atoms with van der Waals surface area (Å²) in [5, 5.41) is 10.8. The first-order valence-electron chi connectivity index (χ1n) is 5.30. The van der Waals surface area contributed by atoms with Crippen LogP contribution in [0, 0.1) is 10.1 Å². The van der Waals surface area contributed by atoms with Crippen molar-refractivity contribution >= 4 is 22.0 Å². The van der Waals surface area contributed by atoms with Crippen LogP contribution in [-0.4, -0.2) is 19.1 Å². The van der Waals surface area contributed by atoms with Crippen LogP contribution in [0.3, 0.4) is 0 Å². The lowest BCUT2D eigenvalue weighted by Gasteiger charge is -2.09. The molecule has 0 aliphatic rings. The Labute approximate surface area is 114 Å². The van der Waals surface area contributed by atoms with Crippen LogP contribution in [0.25, 0.3) is 6.08 Å². The largest absolute Gasteiger partial charge is 0.493 e. The van der Waals surface area contributed by atoms with E-state index >= 15 is 0 Å². The van der Waals surface area contributed by atoms with Crippen molar-refractivity contribution in [3.8, 4) is 11.5 Å². The zero-order chi connectivity index (χ0) is 13.7. The number of hydrogen-bond acceptors (Lipinski definition) is 4. The molecule has 0 aliphatic heterocycles. The van der Waals surface area contributed by atoms with Crippen molar-refractivity contribution in [3.63, 3.8) is 0 Å². The highest BCUT2D eigenvalue weighted by Gasteiger charge is 2.12. The molecule has 0 saturated heterocycles. The summed E-state index contributed by atoms with van der Waals surface area (Å²) in [6.07, 6.45) is 1.87. The van der Waals surface area contributed by atoms with Crippen LogP contribution in [0.5, 0.6) is 11.5 Å². The highest BCUT2D eigenvalue weighted by Crippen LogP contribution is 2.34. The molecule has 5 nitrogen and oxygen atoms in total. The summed E-state index contributed by atoms with van der Waals surface area (Å²) < 4.78 is 11.0. The normalized spacial score (nSPS) is 11.2. The first kappa shape index (κ1) is 14.5. The molecule has 0 amide bonds. The van der Waals surface area contributed by atoms with Gasteiger partial charge in [0.05, 0.1) is 19.1 Å². The Morgan fingerprint density at radius 3 is 2.39 bits per heavy atom. The van der Waals surface area contributed by atoms with Gasteiger partial charge in [-0.3, -0.25) is 10.1 Å². The number of rotatable bonds is 5. The predicted octanol–water partition coefficient (Wildman–Crippen LogP) is 3.49. The number of methoxy groups -OCH3 is 2. The van der Waals surface area contributed by atoms with Crippen LogP contribution in [0.1, 0.15) is 18.9 Å². The van der Waals surface area contributed by atoms with Gasteiger partial charge in [0.2, 0.25) is 5.70 Å². The molecular weight excluding hydrogens is 302 g/mol. The van der Waals surface area contributed by atoms with Crippen LogP contribution in [0.2, 0.25) is 0 Å². The van der Waals surface area contributed by atoms with Crippen molar-refractivity contribution in [2.45, 2.75) is 13.3 Å². The van der Waals surface area contributed by atoms with E-state index in [0.717, 1.165) is 0 Å². The van der Waals surface area contributed by atoms with Gasteiger partial charge >= 0.3 is 0 Å². The van der Waals surface area contributed by atoms with Crippen molar-refractivity contribution in [1.29, 1.82) is 0 Å². The van der Waals surface area contributed by atoms with E-state index in [1.165, 1.54) is 20.3 Å². The molecule has 0 spiro atoms. The summed E-state index contributed by atoms with van der Waals surface area (Å²) in [7, 11) is 3.06. The number of benzene rings is 1. The lowest BCUT2D eigenvalue weighted by molar-refractivity contribution is -0.425. The van der Waals surface area contributed by atoms with Crippen LogP contribution < -0.4 is 9.47 Å². The Balaban J connectivity index is 3.29. The minimum atomic E-state index is -0.386. The lowest BCUT2D eigenvalue weighted by atomic mass is 10.1. The Morgan fingerprint density at radius 2 is 1.94 bits per heavy atom. The molecule has 0 saturated carbocycles. The van der Waals surface area contributed by atoms with E-state index in [0.29, 0.717) is 28.0 Å². The first-order valence-corrected chi connectivity index (χ1v) is 6.09. The highest BCUT2D eigenvalue weighted by atomic mass is 79.9. The molecule has 1 aromatic carbocycles. The molecule has 0 radical (unpaired) electrons. The van der Waals surface area contributed by atoms with Gasteiger partial charge in [-0.15, -0.1) is 0 Å². The van der Waals surface area contributed by atoms with Crippen LogP contribution in [-0.2, 0) is 0 Å². The summed E-state index contributed by atoms with van der Waals surface area (Å²) in [4.78, 5) is 10.4. The average Bonchev–Trinajstić information content (AvgIpc) is 2.36. The third-order valence-electron chi connectivity index (χ3n) is 2.42. The summed E-state index contributed by atoms with van der Waals surface area (Å²) in [6.45, 7) is 1.74. The number of allylic oxidation sites excluding steroid dienone is 1. The second-order valence-corrected chi connectivity index (χ2v) is 4.33. The predicted molar refractivity (Wildman–Crippen MR) is 72.5 cm³/mol. The third kappa shape index (κ3) is 3.22. The van der Waals surface area contributed by atoms with Gasteiger partial charge in [0.1, 0.15) is 0 Å². The smallest absolute Gasteiger partial charge is 0.246 e. The summed E-state index contributed by atoms with van der Waals surface area (Å²) in [6, 6.07) is 3.42. The van der Waals surface area contributed by atoms with Gasteiger partial charge < -0.3 is 9.47 Å². The molecule has 0 aromatic heterocycles. The van der Waals surface area contributed by atoms with Crippen LogP contribution in [0.15, 0.2) is 22.3 Å². The Kier molecular flexibility index (Phi) is 5.15. The van der Waals surface area contributed by atoms with E-state index in [1.807, 2.05) is 0 Å². The molecule has 0 fully saturated rings. The second-order valence-electron chi connectivity index (χ2n) is 3.48. The van der Waals surface area contributed by atoms with E-state index in [2.05, 4.69) is 15.9 Å². The third-order valence-corrected chi connectivity index (χ3v) is 3.11. The molecule has 18 heavy (non-hydrogen) atoms. The minimum Gasteiger partial charge on any atom is -0.493 e. The van der Waals surface area contributed by atoms with Gasteiger partial charge in [0, 0.05) is 17.0 Å². The van der Waals surface area contributed by atoms with Crippen molar-refractivity contribution < 1.29 is 14.4 Å². The van der Waals surface area contributed by atoms with E-state index in [4.69, 9.17) is 9.47 Å². The molecule has 0 heterocycles. The minimum absolute atomic E-state index is 0.142. The molecular formula is C12H14BrNO4. The fourth-order valence-corrected chi connectivity index (χ4v) is 1.88. The quantitative estimate of drug-likeness (QED) is 0.616. The summed E-state index contributed by atoms with van der Waals surface area (Å²) >= 11 is 3.36. The van der Waals surface area contributed by atoms with Gasteiger partial charge in [-0.25, -0.2) is 0 Å². The summed E-state index contributed by atoms with van der Waals surface area (Å²) in [5.41, 5.74) is 0.823. The Hall–Kier alpha value is -1.56. The number of ether oxygens (including phenoxy) is 2. The lowest BCUT2D eigenvalue weighted by Crippen LogP contribution is -1.97. The Bertz CT molecular complexity index is 485. The first-order chi connectivity index (χ1) is 8.53. The highest BCUT2D eigenvalue weighted by molar-refractivity contribution is 9.10. The number of nitrogens with zero attached hydrogens (tertiary/aromatic N) is 1. The van der Waals surface area contributed by atoms with E-state index in [1.54, 1.807) is 19.1 Å². The maximum absolute atomic E-state index is 10.8. The van der Waals surface area contributed by atoms with Crippen LogP contribution in [0.4, 0.5) is 0 Å². The molecule has 0 bridgehead atoms. The SMILES string of the molecule is CCC(=Cc1cc(OC)c(OC)cc1Br)[N+](=O)[O-]. The molecule has 1 rings (SSSR count). The number of hydrogen-bond donors (Lipinski definition) is 0. The van der Waals surface area contributed by atoms with E-state index < -0.39 is 0 Å². The molecule has 0 N–H and O–H groups in total. The van der Waals surface area contributed by atoms with Gasteiger partial charge in [-0.1, -0.05) is 22.9 Å². The van der Waals surface area contributed by atoms with Crippen molar-refractivity contribution in [1.82, 2.24) is 0 Å². The van der Waals surface area contributed by atoms with Gasteiger partial charge in [0.25, 0.3) is 0 Å². The van der Waals surface area contributed by atoms with Crippen molar-refractivity contribution in [2.24, 2.45) is 0 Å². The topological polar surface area (TPSA) is 61.6 Å². The fraction of sp³-hybridized carbons (Fsp3) is 0.333. The van der Waals surface area contributed by atoms with Gasteiger partial charge in [0.15, 0.2) is 11.5 Å². The zero-order valence-corrected chi connectivity index (χ0v) is 12.0. The molecule has 6 heteroatoms. The van der Waals surface area contributed by atoms with Crippen LogP contribution >= 0.6 is 15.9 Å². The maximum atomic E-state index is 10.8. The average molecular weight is 316 g/mol. The molecule has 98 valence electrons. The van der Waals surface area contributed by atoms with Crippen molar-refractivity contribution in [3.05, 3.63) is 38.0 Å². The molecule has 0 atom stereocenters. The van der Waals surface area contributed by atoms with E-state index in [9.17, 15) is 10.1 Å². The standard InChI is InChI=1S/C12H14BrNO4/c1-4-9(14(15)16)5-8-6-11(17-2)12(18-3)7-10(8)13/h5-7H,4H2,1-3H3. The van der Waals surface area contributed by atoms with Crippen molar-refractivity contribution in [2.75, 3.05) is 14.2 Å². The van der Waals surface area contributed by atoms with E-state index in [-0.39, 0.29) is 10.6 Å². The fourth-order valence-electron chi connectivity index (χ4n) is 1.44. The summed E-state index contributed by atoms with van der Waals surface area (Å²) in [5.74, 6) is 1.10.